The highest BCUT2D eigenvalue weighted by atomic mass is 16.3. The van der Waals surface area contributed by atoms with Crippen molar-refractivity contribution >= 4 is 0 Å². The van der Waals surface area contributed by atoms with Gasteiger partial charge >= 0.3 is 0 Å². The molecule has 0 radical (unpaired) electrons. The van der Waals surface area contributed by atoms with Crippen LogP contribution < -0.4 is 0 Å². The first kappa shape index (κ1) is 8.54. The molecule has 1 aliphatic carbocycles. The van der Waals surface area contributed by atoms with Crippen molar-refractivity contribution in [1.29, 1.82) is 0 Å². The summed E-state index contributed by atoms with van der Waals surface area (Å²) < 4.78 is 0. The molecule has 62 valence electrons. The van der Waals surface area contributed by atoms with Gasteiger partial charge in [0.05, 0.1) is 5.60 Å². The highest BCUT2D eigenvalue weighted by Crippen LogP contribution is 2.31. The van der Waals surface area contributed by atoms with E-state index >= 15 is 0 Å². The zero-order chi connectivity index (χ0) is 8.48. The first-order chi connectivity index (χ1) is 5.09. The average molecular weight is 152 g/mol. The van der Waals surface area contributed by atoms with Crippen molar-refractivity contribution < 1.29 is 5.11 Å². The number of aliphatic hydroxyl groups is 1. The van der Waals surface area contributed by atoms with Crippen molar-refractivity contribution in [3.05, 3.63) is 23.8 Å². The second-order valence-corrected chi connectivity index (χ2v) is 3.40. The Labute approximate surface area is 68.4 Å². The van der Waals surface area contributed by atoms with Crippen LogP contribution in [0.5, 0.6) is 0 Å². The van der Waals surface area contributed by atoms with E-state index in [2.05, 4.69) is 13.0 Å². The third-order valence-corrected chi connectivity index (χ3v) is 2.65. The maximum absolute atomic E-state index is 9.98. The lowest BCUT2D eigenvalue weighted by Crippen LogP contribution is -2.35. The fourth-order valence-electron chi connectivity index (χ4n) is 1.52. The summed E-state index contributed by atoms with van der Waals surface area (Å²) in [5.41, 5.74) is 0.440. The highest BCUT2D eigenvalue weighted by Gasteiger charge is 2.31. The van der Waals surface area contributed by atoms with E-state index in [1.807, 2.05) is 26.0 Å². The Morgan fingerprint density at radius 3 is 2.73 bits per heavy atom. The van der Waals surface area contributed by atoms with E-state index in [1.54, 1.807) is 0 Å². The van der Waals surface area contributed by atoms with Crippen LogP contribution in [-0.2, 0) is 0 Å². The summed E-state index contributed by atoms with van der Waals surface area (Å²) in [4.78, 5) is 0. The molecular weight excluding hydrogens is 136 g/mol. The first-order valence-electron chi connectivity index (χ1n) is 4.17. The fourth-order valence-corrected chi connectivity index (χ4v) is 1.52. The van der Waals surface area contributed by atoms with Gasteiger partial charge in [-0.2, -0.15) is 0 Å². The second-order valence-electron chi connectivity index (χ2n) is 3.40. The van der Waals surface area contributed by atoms with Gasteiger partial charge in [0.25, 0.3) is 0 Å². The van der Waals surface area contributed by atoms with Gasteiger partial charge in [0.1, 0.15) is 0 Å². The molecule has 0 fully saturated rings. The topological polar surface area (TPSA) is 20.2 Å². The molecule has 2 atom stereocenters. The van der Waals surface area contributed by atoms with Gasteiger partial charge in [-0.15, -0.1) is 0 Å². The number of allylic oxidation sites excluding steroid dienone is 2. The van der Waals surface area contributed by atoms with E-state index in [9.17, 15) is 5.11 Å². The van der Waals surface area contributed by atoms with Crippen molar-refractivity contribution in [2.45, 2.75) is 32.8 Å². The SMILES string of the molecule is CCC1C=CC=C(C)C1(C)O. The summed E-state index contributed by atoms with van der Waals surface area (Å²) in [6, 6.07) is 0. The Bertz CT molecular complexity index is 199. The minimum Gasteiger partial charge on any atom is -0.385 e. The molecule has 2 unspecified atom stereocenters. The molecule has 0 spiro atoms. The quantitative estimate of drug-likeness (QED) is 0.611. The van der Waals surface area contributed by atoms with Crippen LogP contribution in [-0.4, -0.2) is 10.7 Å². The molecule has 0 aromatic heterocycles. The van der Waals surface area contributed by atoms with Gasteiger partial charge in [0.2, 0.25) is 0 Å². The van der Waals surface area contributed by atoms with Crippen LogP contribution in [0.1, 0.15) is 27.2 Å². The summed E-state index contributed by atoms with van der Waals surface area (Å²) in [6.45, 7) is 5.96. The van der Waals surface area contributed by atoms with Crippen molar-refractivity contribution in [3.63, 3.8) is 0 Å². The summed E-state index contributed by atoms with van der Waals surface area (Å²) >= 11 is 0. The van der Waals surface area contributed by atoms with Gasteiger partial charge in [0, 0.05) is 5.92 Å². The largest absolute Gasteiger partial charge is 0.385 e. The van der Waals surface area contributed by atoms with Crippen molar-refractivity contribution in [2.75, 3.05) is 0 Å². The van der Waals surface area contributed by atoms with Crippen LogP contribution in [0.3, 0.4) is 0 Å². The molecule has 0 heterocycles. The van der Waals surface area contributed by atoms with E-state index in [0.29, 0.717) is 0 Å². The monoisotopic (exact) mass is 152 g/mol. The lowest BCUT2D eigenvalue weighted by Gasteiger charge is -2.33. The molecule has 0 aromatic rings. The molecule has 1 nitrogen and oxygen atoms in total. The molecule has 0 aliphatic heterocycles. The van der Waals surface area contributed by atoms with Gasteiger partial charge in [-0.3, -0.25) is 0 Å². The Morgan fingerprint density at radius 1 is 1.64 bits per heavy atom. The molecular formula is C10H16O. The molecule has 1 N–H and O–H groups in total. The number of hydrogen-bond donors (Lipinski definition) is 1. The first-order valence-corrected chi connectivity index (χ1v) is 4.17. The zero-order valence-electron chi connectivity index (χ0n) is 7.46. The summed E-state index contributed by atoms with van der Waals surface area (Å²) in [7, 11) is 0. The van der Waals surface area contributed by atoms with Crippen molar-refractivity contribution in [1.82, 2.24) is 0 Å². The molecule has 0 saturated carbocycles. The van der Waals surface area contributed by atoms with Gasteiger partial charge in [0.15, 0.2) is 0 Å². The van der Waals surface area contributed by atoms with E-state index in [4.69, 9.17) is 0 Å². The molecule has 1 aliphatic rings. The third kappa shape index (κ3) is 1.38. The maximum atomic E-state index is 9.98. The predicted octanol–water partition coefficient (Wildman–Crippen LogP) is 2.28. The molecule has 1 heteroatoms. The molecule has 0 bridgehead atoms. The Kier molecular flexibility index (Phi) is 2.19. The average Bonchev–Trinajstić information content (AvgIpc) is 1.95. The number of hydrogen-bond acceptors (Lipinski definition) is 1. The van der Waals surface area contributed by atoms with Gasteiger partial charge < -0.3 is 5.11 Å². The normalized spacial score (nSPS) is 37.1. The standard InChI is InChI=1S/C10H16O/c1-4-9-7-5-6-8(2)10(9,3)11/h5-7,9,11H,4H2,1-3H3. The zero-order valence-corrected chi connectivity index (χ0v) is 7.46. The molecule has 1 rings (SSSR count). The van der Waals surface area contributed by atoms with Crippen LogP contribution in [0.15, 0.2) is 23.8 Å². The fraction of sp³-hybridized carbons (Fsp3) is 0.600. The Hall–Kier alpha value is -0.560. The Morgan fingerprint density at radius 2 is 2.27 bits per heavy atom. The molecule has 0 aromatic carbocycles. The summed E-state index contributed by atoms with van der Waals surface area (Å²) in [5.74, 6) is 0.285. The van der Waals surface area contributed by atoms with Gasteiger partial charge in [-0.05, 0) is 25.8 Å². The smallest absolute Gasteiger partial charge is 0.0891 e. The molecule has 11 heavy (non-hydrogen) atoms. The van der Waals surface area contributed by atoms with Crippen LogP contribution in [0.4, 0.5) is 0 Å². The van der Waals surface area contributed by atoms with E-state index in [0.717, 1.165) is 12.0 Å². The van der Waals surface area contributed by atoms with Crippen LogP contribution in [0.25, 0.3) is 0 Å². The van der Waals surface area contributed by atoms with Crippen LogP contribution in [0, 0.1) is 5.92 Å². The minimum absolute atomic E-state index is 0.285. The van der Waals surface area contributed by atoms with Crippen molar-refractivity contribution in [3.8, 4) is 0 Å². The Balaban J connectivity index is 2.89. The van der Waals surface area contributed by atoms with Crippen molar-refractivity contribution in [2.24, 2.45) is 5.92 Å². The minimum atomic E-state index is -0.622. The van der Waals surface area contributed by atoms with Gasteiger partial charge in [-0.1, -0.05) is 25.2 Å². The van der Waals surface area contributed by atoms with E-state index in [-0.39, 0.29) is 5.92 Å². The molecule has 0 amide bonds. The number of rotatable bonds is 1. The molecule has 0 saturated heterocycles. The highest BCUT2D eigenvalue weighted by molar-refractivity contribution is 5.27. The lowest BCUT2D eigenvalue weighted by atomic mass is 9.78. The second kappa shape index (κ2) is 2.82. The van der Waals surface area contributed by atoms with E-state index < -0.39 is 5.60 Å². The van der Waals surface area contributed by atoms with E-state index in [1.165, 1.54) is 0 Å². The van der Waals surface area contributed by atoms with Crippen LogP contribution >= 0.6 is 0 Å². The lowest BCUT2D eigenvalue weighted by molar-refractivity contribution is 0.0516. The van der Waals surface area contributed by atoms with Gasteiger partial charge in [-0.25, -0.2) is 0 Å². The third-order valence-electron chi connectivity index (χ3n) is 2.65. The maximum Gasteiger partial charge on any atom is 0.0891 e. The summed E-state index contributed by atoms with van der Waals surface area (Å²) in [6.07, 6.45) is 7.08. The summed E-state index contributed by atoms with van der Waals surface area (Å²) in [5, 5.41) is 9.98. The predicted molar refractivity (Wildman–Crippen MR) is 47.3 cm³/mol. The van der Waals surface area contributed by atoms with Crippen LogP contribution in [0.2, 0.25) is 0 Å².